The first-order valence-electron chi connectivity index (χ1n) is 11.8. The first kappa shape index (κ1) is 23.6. The van der Waals surface area contributed by atoms with Gasteiger partial charge in [-0.1, -0.05) is 82.3 Å². The van der Waals surface area contributed by atoms with E-state index in [1.807, 2.05) is 48.5 Å². The van der Waals surface area contributed by atoms with Gasteiger partial charge in [-0.25, -0.2) is 4.79 Å². The van der Waals surface area contributed by atoms with Crippen LogP contribution in [-0.4, -0.2) is 12.6 Å². The van der Waals surface area contributed by atoms with Crippen LogP contribution in [0.25, 0.3) is 11.1 Å². The lowest BCUT2D eigenvalue weighted by Gasteiger charge is -2.08. The molecule has 3 nitrogen and oxygen atoms in total. The summed E-state index contributed by atoms with van der Waals surface area (Å²) in [4.78, 5) is 12.4. The summed E-state index contributed by atoms with van der Waals surface area (Å²) < 4.78 is 11.3. The predicted octanol–water partition coefficient (Wildman–Crippen LogP) is 7.87. The number of aryl methyl sites for hydroxylation is 1. The summed E-state index contributed by atoms with van der Waals surface area (Å²) in [5.41, 5.74) is 3.89. The molecule has 3 aromatic carbocycles. The second-order valence-corrected chi connectivity index (χ2v) is 8.10. The van der Waals surface area contributed by atoms with Gasteiger partial charge in [0.15, 0.2) is 0 Å². The van der Waals surface area contributed by atoms with E-state index >= 15 is 0 Å². The van der Waals surface area contributed by atoms with Crippen molar-refractivity contribution >= 4 is 5.97 Å². The Bertz CT molecular complexity index is 941. The Hall–Kier alpha value is -3.07. The maximum atomic E-state index is 12.4. The number of hydrogen-bond donors (Lipinski definition) is 0. The maximum absolute atomic E-state index is 12.4. The van der Waals surface area contributed by atoms with Gasteiger partial charge in [0.25, 0.3) is 0 Å². The zero-order chi connectivity index (χ0) is 22.6. The highest BCUT2D eigenvalue weighted by Gasteiger charge is 2.09. The molecule has 3 rings (SSSR count). The SMILES string of the molecule is CCCCCCCCOc1ccc(-c2ccc(C(=O)Oc3ccc(CC)cc3)cc2)cc1. The van der Waals surface area contributed by atoms with Gasteiger partial charge >= 0.3 is 5.97 Å². The van der Waals surface area contributed by atoms with Crippen molar-refractivity contribution in [2.24, 2.45) is 0 Å². The van der Waals surface area contributed by atoms with Crippen molar-refractivity contribution in [3.63, 3.8) is 0 Å². The molecule has 32 heavy (non-hydrogen) atoms. The quantitative estimate of drug-likeness (QED) is 0.167. The smallest absolute Gasteiger partial charge is 0.343 e. The van der Waals surface area contributed by atoms with Crippen LogP contribution in [0, 0.1) is 0 Å². The Balaban J connectivity index is 1.49. The van der Waals surface area contributed by atoms with E-state index in [9.17, 15) is 4.79 Å². The van der Waals surface area contributed by atoms with Gasteiger partial charge in [0.2, 0.25) is 0 Å². The monoisotopic (exact) mass is 430 g/mol. The highest BCUT2D eigenvalue weighted by atomic mass is 16.5. The third-order valence-electron chi connectivity index (χ3n) is 5.62. The van der Waals surface area contributed by atoms with Gasteiger partial charge < -0.3 is 9.47 Å². The Morgan fingerprint density at radius 3 is 1.84 bits per heavy atom. The molecule has 0 radical (unpaired) electrons. The Morgan fingerprint density at radius 2 is 1.22 bits per heavy atom. The van der Waals surface area contributed by atoms with Crippen molar-refractivity contribution in [3.05, 3.63) is 83.9 Å². The molecule has 0 heterocycles. The largest absolute Gasteiger partial charge is 0.494 e. The maximum Gasteiger partial charge on any atom is 0.343 e. The zero-order valence-electron chi connectivity index (χ0n) is 19.3. The topological polar surface area (TPSA) is 35.5 Å². The summed E-state index contributed by atoms with van der Waals surface area (Å²) >= 11 is 0. The van der Waals surface area contributed by atoms with E-state index in [0.717, 1.165) is 36.3 Å². The molecule has 0 aromatic heterocycles. The molecule has 168 valence electrons. The van der Waals surface area contributed by atoms with Crippen molar-refractivity contribution in [1.29, 1.82) is 0 Å². The molecule has 0 amide bonds. The van der Waals surface area contributed by atoms with Crippen LogP contribution in [0.5, 0.6) is 11.5 Å². The summed E-state index contributed by atoms with van der Waals surface area (Å²) in [6.07, 6.45) is 8.53. The Morgan fingerprint density at radius 1 is 0.656 bits per heavy atom. The van der Waals surface area contributed by atoms with E-state index in [0.29, 0.717) is 11.3 Å². The Kier molecular flexibility index (Phi) is 9.37. The molecular formula is C29H34O3. The molecule has 3 heteroatoms. The molecule has 3 aromatic rings. The van der Waals surface area contributed by atoms with Crippen LogP contribution in [0.3, 0.4) is 0 Å². The summed E-state index contributed by atoms with van der Waals surface area (Å²) in [7, 11) is 0. The number of carbonyl (C=O) groups is 1. The molecule has 0 unspecified atom stereocenters. The number of hydrogen-bond acceptors (Lipinski definition) is 3. The highest BCUT2D eigenvalue weighted by Crippen LogP contribution is 2.24. The van der Waals surface area contributed by atoms with Crippen molar-refractivity contribution in [2.75, 3.05) is 6.61 Å². The van der Waals surface area contributed by atoms with E-state index in [1.165, 1.54) is 37.7 Å². The van der Waals surface area contributed by atoms with Crippen LogP contribution < -0.4 is 9.47 Å². The second-order valence-electron chi connectivity index (χ2n) is 8.10. The molecule has 0 atom stereocenters. The lowest BCUT2D eigenvalue weighted by atomic mass is 10.0. The summed E-state index contributed by atoms with van der Waals surface area (Å²) in [6, 6.07) is 23.3. The van der Waals surface area contributed by atoms with Crippen molar-refractivity contribution in [2.45, 2.75) is 58.8 Å². The standard InChI is InChI=1S/C29H34O3/c1-3-5-6-7-8-9-22-31-27-20-16-25(17-21-27)24-12-14-26(15-13-24)29(30)32-28-18-10-23(4-2)11-19-28/h10-21H,3-9,22H2,1-2H3. The molecule has 0 aliphatic carbocycles. The van der Waals surface area contributed by atoms with E-state index in [-0.39, 0.29) is 5.97 Å². The average Bonchev–Trinajstić information content (AvgIpc) is 2.84. The molecule has 0 aliphatic heterocycles. The van der Waals surface area contributed by atoms with Gasteiger partial charge in [-0.2, -0.15) is 0 Å². The predicted molar refractivity (Wildman–Crippen MR) is 132 cm³/mol. The fraction of sp³-hybridized carbons (Fsp3) is 0.345. The van der Waals surface area contributed by atoms with Gasteiger partial charge in [-0.15, -0.1) is 0 Å². The van der Waals surface area contributed by atoms with Crippen molar-refractivity contribution < 1.29 is 14.3 Å². The molecule has 0 saturated heterocycles. The average molecular weight is 431 g/mol. The summed E-state index contributed by atoms with van der Waals surface area (Å²) in [6.45, 7) is 5.10. The third kappa shape index (κ3) is 7.26. The van der Waals surface area contributed by atoms with Crippen LogP contribution >= 0.6 is 0 Å². The lowest BCUT2D eigenvalue weighted by molar-refractivity contribution is 0.0734. The number of unbranched alkanes of at least 4 members (excludes halogenated alkanes) is 5. The molecule has 0 N–H and O–H groups in total. The molecule has 0 saturated carbocycles. The first-order chi connectivity index (χ1) is 15.7. The molecule has 0 aliphatic rings. The summed E-state index contributed by atoms with van der Waals surface area (Å²) in [5.74, 6) is 1.11. The molecular weight excluding hydrogens is 396 g/mol. The molecule has 0 spiro atoms. The highest BCUT2D eigenvalue weighted by molar-refractivity contribution is 5.91. The van der Waals surface area contributed by atoms with E-state index in [2.05, 4.69) is 26.0 Å². The van der Waals surface area contributed by atoms with Crippen molar-refractivity contribution in [1.82, 2.24) is 0 Å². The minimum atomic E-state index is -0.348. The fourth-order valence-electron chi connectivity index (χ4n) is 3.57. The fourth-order valence-corrected chi connectivity index (χ4v) is 3.57. The minimum absolute atomic E-state index is 0.348. The van der Waals surface area contributed by atoms with Gasteiger partial charge in [-0.3, -0.25) is 0 Å². The van der Waals surface area contributed by atoms with Crippen molar-refractivity contribution in [3.8, 4) is 22.6 Å². The van der Waals surface area contributed by atoms with Crippen LogP contribution in [0.1, 0.15) is 68.3 Å². The van der Waals surface area contributed by atoms with Gasteiger partial charge in [-0.05, 0) is 65.9 Å². The molecule has 0 bridgehead atoms. The van der Waals surface area contributed by atoms with Crippen LogP contribution in [0.15, 0.2) is 72.8 Å². The number of ether oxygens (including phenoxy) is 2. The first-order valence-corrected chi connectivity index (χ1v) is 11.8. The minimum Gasteiger partial charge on any atom is -0.494 e. The van der Waals surface area contributed by atoms with Gasteiger partial charge in [0.05, 0.1) is 12.2 Å². The van der Waals surface area contributed by atoms with E-state index in [4.69, 9.17) is 9.47 Å². The second kappa shape index (κ2) is 12.7. The van der Waals surface area contributed by atoms with Gasteiger partial charge in [0, 0.05) is 0 Å². The van der Waals surface area contributed by atoms with E-state index in [1.54, 1.807) is 12.1 Å². The zero-order valence-corrected chi connectivity index (χ0v) is 19.3. The lowest BCUT2D eigenvalue weighted by Crippen LogP contribution is -2.08. The number of rotatable bonds is 12. The Labute approximate surface area is 192 Å². The normalized spacial score (nSPS) is 10.7. The van der Waals surface area contributed by atoms with Crippen LogP contribution in [-0.2, 0) is 6.42 Å². The summed E-state index contributed by atoms with van der Waals surface area (Å²) in [5, 5.41) is 0. The number of carbonyl (C=O) groups excluding carboxylic acids is 1. The number of esters is 1. The van der Waals surface area contributed by atoms with Crippen LogP contribution in [0.4, 0.5) is 0 Å². The molecule has 0 fully saturated rings. The van der Waals surface area contributed by atoms with E-state index < -0.39 is 0 Å². The van der Waals surface area contributed by atoms with Crippen LogP contribution in [0.2, 0.25) is 0 Å². The van der Waals surface area contributed by atoms with Gasteiger partial charge in [0.1, 0.15) is 11.5 Å². The third-order valence-corrected chi connectivity index (χ3v) is 5.62. The number of benzene rings is 3.